The van der Waals surface area contributed by atoms with Crippen molar-refractivity contribution in [3.05, 3.63) is 47.7 Å². The lowest BCUT2D eigenvalue weighted by atomic mass is 9.99. The molecule has 1 aliphatic heterocycles. The monoisotopic (exact) mass is 351 g/mol. The van der Waals surface area contributed by atoms with Gasteiger partial charge in [-0.1, -0.05) is 19.1 Å². The van der Waals surface area contributed by atoms with Gasteiger partial charge in [0.05, 0.1) is 5.69 Å². The van der Waals surface area contributed by atoms with Crippen LogP contribution in [-0.4, -0.2) is 22.5 Å². The van der Waals surface area contributed by atoms with Gasteiger partial charge < -0.3 is 10.1 Å². The zero-order valence-electron chi connectivity index (χ0n) is 14.9. The normalized spacial score (nSPS) is 21.7. The molecule has 0 bridgehead atoms. The second-order valence-corrected chi connectivity index (χ2v) is 6.96. The van der Waals surface area contributed by atoms with Crippen molar-refractivity contribution in [3.8, 4) is 11.6 Å². The molecule has 26 heavy (non-hydrogen) atoms. The van der Waals surface area contributed by atoms with E-state index in [4.69, 9.17) is 4.74 Å². The predicted octanol–water partition coefficient (Wildman–Crippen LogP) is 3.59. The Balaban J connectivity index is 1.63. The van der Waals surface area contributed by atoms with Crippen LogP contribution in [0, 0.1) is 0 Å². The summed E-state index contributed by atoms with van der Waals surface area (Å²) in [6.45, 7) is 3.61. The smallest absolute Gasteiger partial charge is 0.329 e. The lowest BCUT2D eigenvalue weighted by Gasteiger charge is -2.19. The number of nitrogens with zero attached hydrogens (tertiary/aromatic N) is 2. The fourth-order valence-corrected chi connectivity index (χ4v) is 3.55. The Morgan fingerprint density at radius 3 is 2.88 bits per heavy atom. The molecule has 0 spiro atoms. The van der Waals surface area contributed by atoms with Gasteiger partial charge in [0, 0.05) is 12.3 Å². The minimum atomic E-state index is -0.873. The van der Waals surface area contributed by atoms with E-state index in [0.717, 1.165) is 29.9 Å². The molecular formula is C20H21N3O3. The molecule has 0 unspecified atom stereocenters. The largest absolute Gasteiger partial charge is 0.439 e. The van der Waals surface area contributed by atoms with Crippen molar-refractivity contribution in [2.45, 2.75) is 45.1 Å². The summed E-state index contributed by atoms with van der Waals surface area (Å²) < 4.78 is 5.99. The van der Waals surface area contributed by atoms with Crippen molar-refractivity contribution in [3.63, 3.8) is 0 Å². The van der Waals surface area contributed by atoms with Gasteiger partial charge in [-0.25, -0.2) is 14.7 Å². The van der Waals surface area contributed by atoms with Crippen LogP contribution in [0.15, 0.2) is 36.5 Å². The van der Waals surface area contributed by atoms with Crippen LogP contribution in [0.5, 0.6) is 11.6 Å². The van der Waals surface area contributed by atoms with Gasteiger partial charge in [-0.15, -0.1) is 0 Å². The van der Waals surface area contributed by atoms with Crippen LogP contribution in [0.4, 0.5) is 10.5 Å². The highest BCUT2D eigenvalue weighted by Crippen LogP contribution is 2.34. The molecule has 0 radical (unpaired) electrons. The molecule has 134 valence electrons. The van der Waals surface area contributed by atoms with E-state index in [-0.39, 0.29) is 5.91 Å². The van der Waals surface area contributed by atoms with Crippen LogP contribution in [-0.2, 0) is 17.6 Å². The van der Waals surface area contributed by atoms with Crippen LogP contribution in [0.2, 0.25) is 0 Å². The molecule has 2 aliphatic rings. The lowest BCUT2D eigenvalue weighted by Crippen LogP contribution is -2.43. The van der Waals surface area contributed by atoms with E-state index < -0.39 is 11.6 Å². The number of rotatable bonds is 4. The van der Waals surface area contributed by atoms with Gasteiger partial charge in [-0.05, 0) is 55.9 Å². The summed E-state index contributed by atoms with van der Waals surface area (Å²) in [5.74, 6) is 0.900. The van der Waals surface area contributed by atoms with Gasteiger partial charge in [-0.2, -0.15) is 0 Å². The number of benzene rings is 1. The molecule has 0 saturated carbocycles. The highest BCUT2D eigenvalue weighted by atomic mass is 16.5. The Morgan fingerprint density at radius 1 is 1.27 bits per heavy atom. The van der Waals surface area contributed by atoms with Gasteiger partial charge in [-0.3, -0.25) is 4.79 Å². The molecule has 2 heterocycles. The number of hydrogen-bond donors (Lipinski definition) is 1. The number of urea groups is 1. The number of carbonyl (C=O) groups is 2. The number of hydrogen-bond acceptors (Lipinski definition) is 4. The average molecular weight is 351 g/mol. The molecule has 2 aromatic rings. The molecule has 3 amide bonds. The number of carbonyl (C=O) groups excluding carboxylic acids is 2. The van der Waals surface area contributed by atoms with Crippen LogP contribution in [0.25, 0.3) is 0 Å². The van der Waals surface area contributed by atoms with Crippen LogP contribution >= 0.6 is 0 Å². The van der Waals surface area contributed by atoms with Crippen molar-refractivity contribution in [2.24, 2.45) is 0 Å². The van der Waals surface area contributed by atoms with Crippen molar-refractivity contribution in [1.82, 2.24) is 10.3 Å². The van der Waals surface area contributed by atoms with E-state index >= 15 is 0 Å². The minimum absolute atomic E-state index is 0.261. The third kappa shape index (κ3) is 2.62. The fourth-order valence-electron chi connectivity index (χ4n) is 3.55. The first-order valence-corrected chi connectivity index (χ1v) is 8.93. The number of anilines is 1. The summed E-state index contributed by atoms with van der Waals surface area (Å²) in [5, 5.41) is 2.76. The molecule has 1 saturated heterocycles. The van der Waals surface area contributed by atoms with E-state index in [1.807, 2.05) is 19.1 Å². The average Bonchev–Trinajstić information content (AvgIpc) is 3.19. The fraction of sp³-hybridized carbons (Fsp3) is 0.350. The third-order valence-electron chi connectivity index (χ3n) is 5.26. The Kier molecular flexibility index (Phi) is 3.90. The maximum atomic E-state index is 12.7. The highest BCUT2D eigenvalue weighted by Gasteiger charge is 2.47. The molecule has 1 aromatic heterocycles. The van der Waals surface area contributed by atoms with E-state index in [9.17, 15) is 9.59 Å². The summed E-state index contributed by atoms with van der Waals surface area (Å²) in [7, 11) is 0. The Morgan fingerprint density at radius 2 is 2.12 bits per heavy atom. The number of nitrogens with one attached hydrogen (secondary N) is 1. The number of ether oxygens (including phenoxy) is 1. The first-order valence-electron chi connectivity index (χ1n) is 8.93. The summed E-state index contributed by atoms with van der Waals surface area (Å²) >= 11 is 0. The molecule has 1 N–H and O–H groups in total. The van der Waals surface area contributed by atoms with Crippen LogP contribution in [0.3, 0.4) is 0 Å². The number of amides is 3. The van der Waals surface area contributed by atoms with Crippen molar-refractivity contribution in [2.75, 3.05) is 4.90 Å². The molecule has 1 fully saturated rings. The quantitative estimate of drug-likeness (QED) is 0.855. The van der Waals surface area contributed by atoms with Crippen LogP contribution in [0.1, 0.15) is 37.8 Å². The second kappa shape index (κ2) is 6.12. The number of pyridine rings is 1. The van der Waals surface area contributed by atoms with E-state index in [0.29, 0.717) is 18.0 Å². The molecule has 1 aromatic carbocycles. The maximum absolute atomic E-state index is 12.7. The Bertz CT molecular complexity index is 896. The summed E-state index contributed by atoms with van der Waals surface area (Å²) in [4.78, 5) is 30.4. The number of imide groups is 1. The minimum Gasteiger partial charge on any atom is -0.439 e. The summed E-state index contributed by atoms with van der Waals surface area (Å²) in [6.07, 6.45) is 5.26. The van der Waals surface area contributed by atoms with E-state index in [2.05, 4.69) is 16.4 Å². The number of aryl methyl sites for hydroxylation is 1. The zero-order chi connectivity index (χ0) is 18.3. The van der Waals surface area contributed by atoms with Gasteiger partial charge in [0.15, 0.2) is 0 Å². The topological polar surface area (TPSA) is 71.5 Å². The lowest BCUT2D eigenvalue weighted by molar-refractivity contribution is -0.121. The Hall–Kier alpha value is -2.89. The van der Waals surface area contributed by atoms with E-state index in [1.54, 1.807) is 25.3 Å². The standard InChI is InChI=1S/C20H21N3O3/c1-3-20(2)18(24)23(19(25)22-20)14-10-11-21-17(12-14)26-16-9-5-7-13-6-4-8-15(13)16/h5,7,9-12H,3-4,6,8H2,1-2H3,(H,22,25)/t20-/m1/s1. The van der Waals surface area contributed by atoms with Gasteiger partial charge in [0.25, 0.3) is 5.91 Å². The predicted molar refractivity (Wildman–Crippen MR) is 97.5 cm³/mol. The van der Waals surface area contributed by atoms with E-state index in [1.165, 1.54) is 11.1 Å². The van der Waals surface area contributed by atoms with Crippen molar-refractivity contribution < 1.29 is 14.3 Å². The molecule has 6 nitrogen and oxygen atoms in total. The number of fused-ring (bicyclic) bond motifs is 1. The third-order valence-corrected chi connectivity index (χ3v) is 5.26. The summed E-state index contributed by atoms with van der Waals surface area (Å²) in [5.41, 5.74) is 2.11. The molecule has 6 heteroatoms. The summed E-state index contributed by atoms with van der Waals surface area (Å²) in [6, 6.07) is 8.89. The second-order valence-electron chi connectivity index (χ2n) is 6.96. The highest BCUT2D eigenvalue weighted by molar-refractivity contribution is 6.23. The first kappa shape index (κ1) is 16.6. The number of aromatic nitrogens is 1. The maximum Gasteiger partial charge on any atom is 0.329 e. The van der Waals surface area contributed by atoms with Crippen LogP contribution < -0.4 is 15.0 Å². The van der Waals surface area contributed by atoms with Gasteiger partial charge >= 0.3 is 6.03 Å². The SMILES string of the molecule is CC[C@@]1(C)NC(=O)N(c2ccnc(Oc3cccc4c3CCC4)c2)C1=O. The molecular weight excluding hydrogens is 330 g/mol. The zero-order valence-corrected chi connectivity index (χ0v) is 14.9. The molecule has 1 atom stereocenters. The van der Waals surface area contributed by atoms with Crippen molar-refractivity contribution >= 4 is 17.6 Å². The van der Waals surface area contributed by atoms with Gasteiger partial charge in [0.2, 0.25) is 5.88 Å². The molecule has 1 aliphatic carbocycles. The van der Waals surface area contributed by atoms with Crippen molar-refractivity contribution in [1.29, 1.82) is 0 Å². The first-order chi connectivity index (χ1) is 12.5. The Labute approximate surface area is 152 Å². The molecule has 4 rings (SSSR count). The van der Waals surface area contributed by atoms with Gasteiger partial charge in [0.1, 0.15) is 11.3 Å².